The molecule has 2 fully saturated rings. The van der Waals surface area contributed by atoms with Gasteiger partial charge in [0, 0.05) is 55.6 Å². The molecule has 0 unspecified atom stereocenters. The summed E-state index contributed by atoms with van der Waals surface area (Å²) in [5, 5.41) is 7.20. The number of hydrogen-bond acceptors (Lipinski definition) is 7. The molecule has 5 rings (SSSR count). The van der Waals surface area contributed by atoms with Crippen LogP contribution in [0, 0.1) is 6.92 Å². The van der Waals surface area contributed by atoms with Gasteiger partial charge >= 0.3 is 0 Å². The van der Waals surface area contributed by atoms with Gasteiger partial charge in [-0.25, -0.2) is 13.4 Å². The summed E-state index contributed by atoms with van der Waals surface area (Å²) in [7, 11) is -3.53. The first kappa shape index (κ1) is 22.0. The Morgan fingerprint density at radius 2 is 1.85 bits per heavy atom. The number of benzene rings is 1. The van der Waals surface area contributed by atoms with Crippen LogP contribution in [0.1, 0.15) is 37.3 Å². The largest absolute Gasteiger partial charge is 0.324 e. The molecule has 1 saturated carbocycles. The van der Waals surface area contributed by atoms with Gasteiger partial charge in [0.05, 0.1) is 4.90 Å². The molecule has 2 N–H and O–H groups in total. The normalized spacial score (nSPS) is 18.1. The summed E-state index contributed by atoms with van der Waals surface area (Å²) in [5.74, 6) is 0.376. The molecular formula is C23H28N6O3S. The quantitative estimate of drug-likeness (QED) is 0.592. The second-order valence-corrected chi connectivity index (χ2v) is 10.6. The number of anilines is 2. The van der Waals surface area contributed by atoms with Crippen LogP contribution in [0.4, 0.5) is 11.6 Å². The zero-order chi connectivity index (χ0) is 23.0. The predicted octanol–water partition coefficient (Wildman–Crippen LogP) is 2.55. The zero-order valence-electron chi connectivity index (χ0n) is 18.6. The van der Waals surface area contributed by atoms with Crippen LogP contribution in [0.2, 0.25) is 0 Å². The van der Waals surface area contributed by atoms with Crippen molar-refractivity contribution in [2.24, 2.45) is 0 Å². The van der Waals surface area contributed by atoms with E-state index in [-0.39, 0.29) is 16.5 Å². The van der Waals surface area contributed by atoms with E-state index in [2.05, 4.69) is 20.6 Å². The number of pyridine rings is 1. The minimum Gasteiger partial charge on any atom is -0.324 e. The molecule has 0 bridgehead atoms. The minimum absolute atomic E-state index is 0.0438. The summed E-state index contributed by atoms with van der Waals surface area (Å²) < 4.78 is 29.3. The van der Waals surface area contributed by atoms with Gasteiger partial charge in [-0.15, -0.1) is 0 Å². The van der Waals surface area contributed by atoms with Crippen molar-refractivity contribution >= 4 is 32.7 Å². The number of aryl methyl sites for hydroxylation is 1. The first-order valence-corrected chi connectivity index (χ1v) is 12.8. The minimum atomic E-state index is -3.53. The lowest BCUT2D eigenvalue weighted by Gasteiger charge is -2.26. The standard InChI is InChI=1S/C23H28N6O3S/c1-16-14-19(33(31,32)28-12-10-24-11-13-28)7-8-20(16)26-23-25-15-17-6-9-21(30)29(22(17)27-23)18-4-2-3-5-18/h6-9,14-15,18,24H,2-5,10-13H2,1H3,(H,25,26,27). The van der Waals surface area contributed by atoms with Gasteiger partial charge in [-0.2, -0.15) is 9.29 Å². The first-order valence-electron chi connectivity index (χ1n) is 11.4. The van der Waals surface area contributed by atoms with E-state index >= 15 is 0 Å². The number of hydrogen-bond donors (Lipinski definition) is 2. The predicted molar refractivity (Wildman–Crippen MR) is 127 cm³/mol. The summed E-state index contributed by atoms with van der Waals surface area (Å²) in [6, 6.07) is 8.54. The van der Waals surface area contributed by atoms with Gasteiger partial charge in [-0.05, 0) is 49.6 Å². The van der Waals surface area contributed by atoms with Gasteiger partial charge in [0.2, 0.25) is 16.0 Å². The van der Waals surface area contributed by atoms with E-state index < -0.39 is 10.0 Å². The Morgan fingerprint density at radius 3 is 2.58 bits per heavy atom. The van der Waals surface area contributed by atoms with Crippen molar-refractivity contribution in [1.29, 1.82) is 0 Å². The fourth-order valence-corrected chi connectivity index (χ4v) is 6.23. The number of nitrogens with one attached hydrogen (secondary N) is 2. The number of nitrogens with zero attached hydrogens (tertiary/aromatic N) is 4. The van der Waals surface area contributed by atoms with Crippen LogP contribution in [0.25, 0.3) is 11.0 Å². The average molecular weight is 469 g/mol. The third kappa shape index (κ3) is 4.25. The van der Waals surface area contributed by atoms with Crippen molar-refractivity contribution in [3.05, 3.63) is 52.4 Å². The van der Waals surface area contributed by atoms with Crippen LogP contribution in [0.5, 0.6) is 0 Å². The lowest BCUT2D eigenvalue weighted by atomic mass is 10.2. The lowest BCUT2D eigenvalue weighted by Crippen LogP contribution is -2.46. The van der Waals surface area contributed by atoms with Crippen LogP contribution < -0.4 is 16.2 Å². The molecule has 9 nitrogen and oxygen atoms in total. The zero-order valence-corrected chi connectivity index (χ0v) is 19.4. The van der Waals surface area contributed by atoms with Gasteiger partial charge in [-0.1, -0.05) is 12.8 Å². The van der Waals surface area contributed by atoms with E-state index in [0.717, 1.165) is 42.3 Å². The van der Waals surface area contributed by atoms with E-state index in [4.69, 9.17) is 0 Å². The molecule has 0 amide bonds. The van der Waals surface area contributed by atoms with E-state index in [9.17, 15) is 13.2 Å². The van der Waals surface area contributed by atoms with Crippen molar-refractivity contribution in [2.75, 3.05) is 31.5 Å². The van der Waals surface area contributed by atoms with Crippen LogP contribution >= 0.6 is 0 Å². The molecule has 2 aromatic heterocycles. The highest BCUT2D eigenvalue weighted by molar-refractivity contribution is 7.89. The second kappa shape index (κ2) is 8.85. The highest BCUT2D eigenvalue weighted by atomic mass is 32.2. The molecule has 1 aliphatic carbocycles. The molecule has 1 saturated heterocycles. The smallest absolute Gasteiger partial charge is 0.252 e. The van der Waals surface area contributed by atoms with Crippen molar-refractivity contribution < 1.29 is 8.42 Å². The molecule has 0 radical (unpaired) electrons. The molecular weight excluding hydrogens is 440 g/mol. The molecule has 10 heteroatoms. The van der Waals surface area contributed by atoms with Gasteiger partial charge in [-0.3, -0.25) is 9.36 Å². The summed E-state index contributed by atoms with van der Waals surface area (Å²) in [5.41, 5.74) is 2.08. The number of aromatic nitrogens is 3. The SMILES string of the molecule is Cc1cc(S(=O)(=O)N2CCNCC2)ccc1Nc1ncc2ccc(=O)n(C3CCCC3)c2n1. The molecule has 3 heterocycles. The highest BCUT2D eigenvalue weighted by Crippen LogP contribution is 2.31. The summed E-state index contributed by atoms with van der Waals surface area (Å²) in [6.45, 7) is 4.10. The topological polar surface area (TPSA) is 109 Å². The van der Waals surface area contributed by atoms with Gasteiger partial charge in [0.15, 0.2) is 0 Å². The third-order valence-corrected chi connectivity index (χ3v) is 8.41. The summed E-state index contributed by atoms with van der Waals surface area (Å²) in [4.78, 5) is 22.0. The van der Waals surface area contributed by atoms with Crippen LogP contribution in [0.3, 0.4) is 0 Å². The Balaban J connectivity index is 1.45. The third-order valence-electron chi connectivity index (χ3n) is 6.51. The number of sulfonamides is 1. The maximum atomic E-state index is 13.0. The molecule has 0 atom stereocenters. The van der Waals surface area contributed by atoms with E-state index in [1.165, 1.54) is 4.31 Å². The number of piperazine rings is 1. The second-order valence-electron chi connectivity index (χ2n) is 8.71. The van der Waals surface area contributed by atoms with E-state index in [1.54, 1.807) is 41.1 Å². The summed E-state index contributed by atoms with van der Waals surface area (Å²) >= 11 is 0. The Labute approximate surface area is 192 Å². The Kier molecular flexibility index (Phi) is 5.90. The lowest BCUT2D eigenvalue weighted by molar-refractivity contribution is 0.360. The molecule has 3 aromatic rings. The van der Waals surface area contributed by atoms with Crippen LogP contribution in [0.15, 0.2) is 46.2 Å². The Morgan fingerprint density at radius 1 is 1.09 bits per heavy atom. The Hall–Kier alpha value is -2.82. The Bertz CT molecular complexity index is 1340. The average Bonchev–Trinajstić information content (AvgIpc) is 3.35. The van der Waals surface area contributed by atoms with Crippen LogP contribution in [-0.4, -0.2) is 53.4 Å². The number of rotatable bonds is 5. The van der Waals surface area contributed by atoms with Gasteiger partial charge < -0.3 is 10.6 Å². The molecule has 1 aliphatic heterocycles. The molecule has 174 valence electrons. The molecule has 1 aromatic carbocycles. The summed E-state index contributed by atoms with van der Waals surface area (Å²) in [6.07, 6.45) is 5.91. The highest BCUT2D eigenvalue weighted by Gasteiger charge is 2.26. The van der Waals surface area contributed by atoms with Crippen molar-refractivity contribution in [2.45, 2.75) is 43.5 Å². The van der Waals surface area contributed by atoms with Crippen molar-refractivity contribution in [3.63, 3.8) is 0 Å². The molecule has 0 spiro atoms. The van der Waals surface area contributed by atoms with Gasteiger partial charge in [0.25, 0.3) is 5.56 Å². The van der Waals surface area contributed by atoms with Crippen LogP contribution in [-0.2, 0) is 10.0 Å². The first-order chi connectivity index (χ1) is 15.9. The molecule has 33 heavy (non-hydrogen) atoms. The fraction of sp³-hybridized carbons (Fsp3) is 0.435. The van der Waals surface area contributed by atoms with E-state index in [0.29, 0.717) is 37.8 Å². The van der Waals surface area contributed by atoms with Crippen molar-refractivity contribution in [1.82, 2.24) is 24.2 Å². The monoisotopic (exact) mass is 468 g/mol. The van der Waals surface area contributed by atoms with Crippen molar-refractivity contribution in [3.8, 4) is 0 Å². The maximum Gasteiger partial charge on any atom is 0.252 e. The fourth-order valence-electron chi connectivity index (χ4n) is 4.71. The number of fused-ring (bicyclic) bond motifs is 1. The maximum absolute atomic E-state index is 13.0. The van der Waals surface area contributed by atoms with E-state index in [1.807, 2.05) is 6.92 Å². The van der Waals surface area contributed by atoms with Gasteiger partial charge in [0.1, 0.15) is 5.65 Å². The molecule has 2 aliphatic rings.